The number of halogens is 6. The molecule has 0 rings (SSSR count). The van der Waals surface area contributed by atoms with E-state index >= 15 is 0 Å². The maximum atomic E-state index is 0. The third kappa shape index (κ3) is 323. The van der Waals surface area contributed by atoms with Crippen molar-refractivity contribution in [3.8, 4) is 0 Å². The third-order valence-electron chi connectivity index (χ3n) is 0. The van der Waals surface area contributed by atoms with E-state index in [-0.39, 0.29) is 67.8 Å². The Morgan fingerprint density at radius 2 is 0.250 bits per heavy atom. The third-order valence-corrected chi connectivity index (χ3v) is 0. The Morgan fingerprint density at radius 1 is 0.250 bits per heavy atom. The Balaban J connectivity index is 0. The molecule has 0 aliphatic rings. The van der Waals surface area contributed by atoms with Crippen LogP contribution >= 0.6 is 0 Å². The van der Waals surface area contributed by atoms with Crippen molar-refractivity contribution in [3.05, 3.63) is 0 Å². The zero-order chi connectivity index (χ0) is 0. The van der Waals surface area contributed by atoms with Gasteiger partial charge in [0.05, 0.1) is 0 Å². The molecule has 0 nitrogen and oxygen atoms in total. The normalized spacial score (nSPS) is 0. The van der Waals surface area contributed by atoms with Crippen molar-refractivity contribution in [1.82, 2.24) is 0 Å². The Labute approximate surface area is 68.1 Å². The van der Waals surface area contributed by atoms with E-state index in [1.54, 1.807) is 0 Å². The van der Waals surface area contributed by atoms with Crippen LogP contribution in [0.5, 0.6) is 0 Å². The number of hydrogen-bond donors (Lipinski definition) is 0. The van der Waals surface area contributed by atoms with Gasteiger partial charge in [-0.3, -0.25) is 0 Å². The summed E-state index contributed by atoms with van der Waals surface area (Å²) >= 11 is 0. The molecule has 0 saturated heterocycles. The van der Waals surface area contributed by atoms with Gasteiger partial charge >= 0.3 is 39.6 Å². The Morgan fingerprint density at radius 3 is 0.250 bits per heavy atom. The van der Waals surface area contributed by atoms with E-state index in [4.69, 9.17) is 0 Å². The molecular weight excluding hydrogens is 253 g/mol. The van der Waals surface area contributed by atoms with Crippen LogP contribution in [0.15, 0.2) is 0 Å². The first-order valence-corrected chi connectivity index (χ1v) is 0. The summed E-state index contributed by atoms with van der Waals surface area (Å²) in [5.41, 5.74) is 0. The van der Waals surface area contributed by atoms with Crippen LogP contribution in [0.1, 0.15) is 0 Å². The van der Waals surface area contributed by atoms with Crippen LogP contribution in [0.3, 0.4) is 0 Å². The van der Waals surface area contributed by atoms with Crippen molar-refractivity contribution in [3.63, 3.8) is 0 Å². The van der Waals surface area contributed by atoms with Gasteiger partial charge in [0.1, 0.15) is 0 Å². The van der Waals surface area contributed by atoms with E-state index in [9.17, 15) is 0 Å². The van der Waals surface area contributed by atoms with Crippen LogP contribution in [-0.2, 0) is 0 Å². The first-order valence-electron chi connectivity index (χ1n) is 0. The largest absolute Gasteiger partial charge is 3.00 e. The van der Waals surface area contributed by atoms with Gasteiger partial charge in [-0.05, 0) is 0 Å². The quantitative estimate of drug-likeness (QED) is 0.297. The van der Waals surface area contributed by atoms with Crippen molar-refractivity contribution >= 4 is 39.6 Å². The molecule has 48 valence electrons. The van der Waals surface area contributed by atoms with Gasteiger partial charge in [0, 0.05) is 0 Å². The molecule has 0 aliphatic heterocycles. The van der Waals surface area contributed by atoms with E-state index in [0.29, 0.717) is 0 Å². The summed E-state index contributed by atoms with van der Waals surface area (Å²) in [6.07, 6.45) is 0. The fourth-order valence-electron chi connectivity index (χ4n) is 0. The maximum absolute atomic E-state index is 0. The summed E-state index contributed by atoms with van der Waals surface area (Å²) in [4.78, 5) is 0. The van der Waals surface area contributed by atoms with Crippen molar-refractivity contribution in [2.75, 3.05) is 0 Å². The van der Waals surface area contributed by atoms with Crippen molar-refractivity contribution in [2.24, 2.45) is 0 Å². The molecule has 0 aliphatic carbocycles. The molecule has 0 unspecified atom stereocenters. The Hall–Kier alpha value is 0.853. The van der Waals surface area contributed by atoms with Gasteiger partial charge in [-0.2, -0.15) is 0 Å². The van der Waals surface area contributed by atoms with Crippen LogP contribution < -0.4 is 28.2 Å². The molecule has 8 heteroatoms. The minimum atomic E-state index is 0. The van der Waals surface area contributed by atoms with Crippen LogP contribution in [-0.4, -0.2) is 39.6 Å². The predicted octanol–water partition coefficient (Wildman–Crippen LogP) is -18.7. The summed E-state index contributed by atoms with van der Waals surface area (Å²) in [5, 5.41) is 0. The minimum absolute atomic E-state index is 0. The molecule has 0 fully saturated rings. The average molecular weight is 253 g/mol. The van der Waals surface area contributed by atoms with Crippen molar-refractivity contribution < 1.29 is 28.2 Å². The summed E-state index contributed by atoms with van der Waals surface area (Å²) in [6, 6.07) is 0. The molecule has 0 N–H and O–H groups in total. The molecule has 0 bridgehead atoms. The van der Waals surface area contributed by atoms with Gasteiger partial charge in [0.25, 0.3) is 0 Å². The summed E-state index contributed by atoms with van der Waals surface area (Å²) in [7, 11) is 0. The standard InChI is InChI=1S/6FH.2Ga/h6*1H;;/q;;;;;;2*+3/p-6. The zero-order valence-electron chi connectivity index (χ0n) is 3.42. The van der Waals surface area contributed by atoms with Gasteiger partial charge in [0.15, 0.2) is 0 Å². The SMILES string of the molecule is [F-].[F-].[F-].[F-].[F-].[F-].[Ga+3].[Ga+3]. The van der Waals surface area contributed by atoms with Gasteiger partial charge < -0.3 is 28.2 Å². The number of rotatable bonds is 0. The molecule has 0 heterocycles. The minimum Gasteiger partial charge on any atom is -1.00 e. The molecule has 0 amide bonds. The first-order chi connectivity index (χ1) is 0. The Bertz CT molecular complexity index is 6.49. The molecule has 0 aromatic heterocycles. The summed E-state index contributed by atoms with van der Waals surface area (Å²) in [6.45, 7) is 0. The summed E-state index contributed by atoms with van der Waals surface area (Å²) < 4.78 is 0. The molecule has 0 aromatic carbocycles. The van der Waals surface area contributed by atoms with Crippen LogP contribution in [0.2, 0.25) is 0 Å². The first kappa shape index (κ1) is 751. The van der Waals surface area contributed by atoms with Crippen LogP contribution in [0, 0.1) is 0 Å². The topological polar surface area (TPSA) is 0 Å². The molecule has 0 aromatic rings. The number of hydrogen-bond acceptors (Lipinski definition) is 0. The maximum Gasteiger partial charge on any atom is 3.00 e. The van der Waals surface area contributed by atoms with E-state index in [0.717, 1.165) is 0 Å². The van der Waals surface area contributed by atoms with Gasteiger partial charge in [-0.15, -0.1) is 0 Å². The molecule has 0 atom stereocenters. The van der Waals surface area contributed by atoms with E-state index in [2.05, 4.69) is 0 Å². The van der Waals surface area contributed by atoms with Crippen LogP contribution in [0.4, 0.5) is 0 Å². The smallest absolute Gasteiger partial charge is 1.00 e. The average Bonchev–Trinajstić information content (AvgIpc) is 0. The van der Waals surface area contributed by atoms with E-state index < -0.39 is 0 Å². The van der Waals surface area contributed by atoms with Crippen LogP contribution in [0.25, 0.3) is 0 Å². The van der Waals surface area contributed by atoms with E-state index in [1.165, 1.54) is 0 Å². The second-order valence-electron chi connectivity index (χ2n) is 0. The van der Waals surface area contributed by atoms with Gasteiger partial charge in [-0.25, -0.2) is 0 Å². The van der Waals surface area contributed by atoms with Crippen molar-refractivity contribution in [2.45, 2.75) is 0 Å². The molecule has 0 spiro atoms. The fourth-order valence-corrected chi connectivity index (χ4v) is 0. The molecule has 0 saturated carbocycles. The fraction of sp³-hybridized carbons (Fsp3) is 0. The van der Waals surface area contributed by atoms with E-state index in [1.807, 2.05) is 0 Å². The van der Waals surface area contributed by atoms with Gasteiger partial charge in [-0.1, -0.05) is 0 Å². The summed E-state index contributed by atoms with van der Waals surface area (Å²) in [5.74, 6) is 0. The predicted molar refractivity (Wildman–Crippen MR) is 11.5 cm³/mol. The second kappa shape index (κ2) is 507. The molecule has 8 heavy (non-hydrogen) atoms. The van der Waals surface area contributed by atoms with Crippen molar-refractivity contribution in [1.29, 1.82) is 0 Å². The molecular formula is F6Ga2. The zero-order valence-corrected chi connectivity index (χ0v) is 8.27. The monoisotopic (exact) mass is 252 g/mol. The second-order valence-corrected chi connectivity index (χ2v) is 0. The van der Waals surface area contributed by atoms with Gasteiger partial charge in [0.2, 0.25) is 0 Å². The Kier molecular flexibility index (Phi) is 47600. The molecule has 0 radical (unpaired) electrons.